The molecule has 9 nitrogen and oxygen atoms in total. The first-order valence-electron chi connectivity index (χ1n) is 13.1. The summed E-state index contributed by atoms with van der Waals surface area (Å²) in [6.07, 6.45) is 5.10. The van der Waals surface area contributed by atoms with E-state index < -0.39 is 18.3 Å². The van der Waals surface area contributed by atoms with Gasteiger partial charge in [0.25, 0.3) is 10.0 Å². The second-order valence-electron chi connectivity index (χ2n) is 11.8. The van der Waals surface area contributed by atoms with Gasteiger partial charge in [0.15, 0.2) is 19.8 Å². The Morgan fingerprint density at radius 2 is 1.84 bits per heavy atom. The van der Waals surface area contributed by atoms with Crippen molar-refractivity contribution in [2.24, 2.45) is 17.7 Å². The van der Waals surface area contributed by atoms with E-state index in [0.29, 0.717) is 11.9 Å². The van der Waals surface area contributed by atoms with Crippen LogP contribution in [0.15, 0.2) is 47.6 Å². The van der Waals surface area contributed by atoms with Gasteiger partial charge in [-0.05, 0) is 62.0 Å². The highest BCUT2D eigenvalue weighted by molar-refractivity contribution is 7.90. The van der Waals surface area contributed by atoms with Gasteiger partial charge in [0.05, 0.1) is 11.1 Å². The molecular weight excluding hydrogens is 518 g/mol. The molecule has 1 fully saturated rings. The molecule has 11 heteroatoms. The number of anilines is 1. The Balaban J connectivity index is 1.55. The second-order valence-corrected chi connectivity index (χ2v) is 18.4. The zero-order chi connectivity index (χ0) is 28.0. The van der Waals surface area contributed by atoms with E-state index in [9.17, 15) is 13.2 Å². The summed E-state index contributed by atoms with van der Waals surface area (Å²) >= 11 is 0. The van der Waals surface area contributed by atoms with Gasteiger partial charge in [-0.25, -0.2) is 33.2 Å². The minimum absolute atomic E-state index is 0.0257. The van der Waals surface area contributed by atoms with Crippen molar-refractivity contribution < 1.29 is 17.6 Å². The molecule has 1 aliphatic rings. The monoisotopic (exact) mass is 557 g/mol. The molecule has 38 heavy (non-hydrogen) atoms. The summed E-state index contributed by atoms with van der Waals surface area (Å²) in [5.74, 6) is 6.14. The Morgan fingerprint density at radius 3 is 2.45 bits per heavy atom. The Kier molecular flexibility index (Phi) is 7.61. The van der Waals surface area contributed by atoms with E-state index in [1.54, 1.807) is 30.3 Å². The SMILES string of the molecule is CC[C@@H]1C[C@H](O[Si](C)(C)C(C)(C)C)C[C@@H]1C(=O)N(N)c1cnc2c(ccn2S(=O)(=O)c2ccc(C)cc2)n1. The fraction of sp³-hybridized carbons (Fsp3) is 0.519. The molecule has 1 saturated carbocycles. The minimum Gasteiger partial charge on any atom is -0.414 e. The van der Waals surface area contributed by atoms with Crippen LogP contribution in [0.5, 0.6) is 0 Å². The third kappa shape index (κ3) is 5.29. The third-order valence-electron chi connectivity index (χ3n) is 8.17. The molecule has 2 aromatic heterocycles. The summed E-state index contributed by atoms with van der Waals surface area (Å²) in [6, 6.07) is 8.17. The number of benzene rings is 1. The van der Waals surface area contributed by atoms with Gasteiger partial charge in [-0.1, -0.05) is 51.8 Å². The topological polar surface area (TPSA) is 120 Å². The van der Waals surface area contributed by atoms with E-state index in [2.05, 4.69) is 50.8 Å². The smallest absolute Gasteiger partial charge is 0.269 e. The first-order chi connectivity index (χ1) is 17.7. The zero-order valence-corrected chi connectivity index (χ0v) is 25.1. The number of nitrogens with two attached hydrogens (primary N) is 1. The fourth-order valence-electron chi connectivity index (χ4n) is 4.82. The molecule has 4 rings (SSSR count). The Hall–Kier alpha value is -2.60. The standard InChI is InChI=1S/C27H39N5O4SSi/c1-8-19-15-20(36-38(6,7)27(3,4)5)16-22(19)26(33)32(28)24-17-29-25-23(30-24)13-14-31(25)37(34,35)21-11-9-18(2)10-12-21/h9-14,17,19-20,22H,8,15-16,28H2,1-7H3/t19-,20+,22+/m1/s1. The van der Waals surface area contributed by atoms with Crippen LogP contribution >= 0.6 is 0 Å². The van der Waals surface area contributed by atoms with Gasteiger partial charge in [0, 0.05) is 18.2 Å². The van der Waals surface area contributed by atoms with E-state index in [4.69, 9.17) is 10.3 Å². The van der Waals surface area contributed by atoms with Crippen molar-refractivity contribution in [3.63, 3.8) is 0 Å². The van der Waals surface area contributed by atoms with Crippen molar-refractivity contribution in [1.82, 2.24) is 13.9 Å². The minimum atomic E-state index is -3.85. The predicted octanol–water partition coefficient (Wildman–Crippen LogP) is 5.01. The molecule has 1 aromatic carbocycles. The summed E-state index contributed by atoms with van der Waals surface area (Å²) in [4.78, 5) is 22.5. The van der Waals surface area contributed by atoms with Crippen LogP contribution in [-0.4, -0.2) is 42.7 Å². The number of hydrazine groups is 1. The number of amides is 1. The number of carbonyl (C=O) groups is 1. The molecule has 1 aliphatic carbocycles. The number of aromatic nitrogens is 3. The van der Waals surface area contributed by atoms with Gasteiger partial charge in [-0.15, -0.1) is 0 Å². The van der Waals surface area contributed by atoms with Crippen LogP contribution < -0.4 is 10.9 Å². The average Bonchev–Trinajstić information content (AvgIpc) is 3.46. The normalized spacial score (nSPS) is 20.7. The van der Waals surface area contributed by atoms with Gasteiger partial charge in [0.1, 0.15) is 5.52 Å². The highest BCUT2D eigenvalue weighted by Crippen LogP contribution is 2.43. The van der Waals surface area contributed by atoms with Gasteiger partial charge < -0.3 is 4.43 Å². The fourth-order valence-corrected chi connectivity index (χ4v) is 7.50. The molecule has 0 radical (unpaired) electrons. The van der Waals surface area contributed by atoms with E-state index in [0.717, 1.165) is 27.4 Å². The average molecular weight is 558 g/mol. The largest absolute Gasteiger partial charge is 0.414 e. The third-order valence-corrected chi connectivity index (χ3v) is 14.4. The van der Waals surface area contributed by atoms with Crippen LogP contribution in [0.3, 0.4) is 0 Å². The lowest BCUT2D eigenvalue weighted by molar-refractivity contribution is -0.123. The van der Waals surface area contributed by atoms with Crippen molar-refractivity contribution in [2.75, 3.05) is 5.01 Å². The maximum absolute atomic E-state index is 13.5. The summed E-state index contributed by atoms with van der Waals surface area (Å²) < 4.78 is 34.1. The molecule has 206 valence electrons. The summed E-state index contributed by atoms with van der Waals surface area (Å²) in [5.41, 5.74) is 1.47. The second kappa shape index (κ2) is 10.2. The summed E-state index contributed by atoms with van der Waals surface area (Å²) in [6.45, 7) is 15.1. The van der Waals surface area contributed by atoms with Crippen LogP contribution in [0.2, 0.25) is 18.1 Å². The van der Waals surface area contributed by atoms with E-state index in [-0.39, 0.29) is 45.2 Å². The number of hydrogen-bond donors (Lipinski definition) is 1. The van der Waals surface area contributed by atoms with Gasteiger partial charge in [0.2, 0.25) is 5.91 Å². The van der Waals surface area contributed by atoms with E-state index in [1.807, 2.05) is 6.92 Å². The molecule has 3 aromatic rings. The maximum Gasteiger partial charge on any atom is 0.269 e. The molecule has 1 amide bonds. The van der Waals surface area contributed by atoms with Crippen molar-refractivity contribution >= 4 is 41.2 Å². The Morgan fingerprint density at radius 1 is 1.18 bits per heavy atom. The van der Waals surface area contributed by atoms with Crippen LogP contribution in [0.4, 0.5) is 5.82 Å². The number of fused-ring (bicyclic) bond motifs is 1. The molecular formula is C27H39N5O4SSi. The van der Waals surface area contributed by atoms with Gasteiger partial charge in [-0.3, -0.25) is 4.79 Å². The molecule has 2 heterocycles. The Labute approximate surface area is 226 Å². The number of rotatable bonds is 7. The Bertz CT molecular complexity index is 1430. The number of carbonyl (C=O) groups excluding carboxylic acids is 1. The van der Waals surface area contributed by atoms with Crippen molar-refractivity contribution in [1.29, 1.82) is 0 Å². The molecule has 0 aliphatic heterocycles. The highest BCUT2D eigenvalue weighted by Gasteiger charge is 2.45. The zero-order valence-electron chi connectivity index (χ0n) is 23.3. The number of hydrogen-bond acceptors (Lipinski definition) is 7. The van der Waals surface area contributed by atoms with Crippen LogP contribution in [0, 0.1) is 18.8 Å². The number of nitrogens with zero attached hydrogens (tertiary/aromatic N) is 4. The summed E-state index contributed by atoms with van der Waals surface area (Å²) in [7, 11) is -5.82. The predicted molar refractivity (Wildman–Crippen MR) is 152 cm³/mol. The molecule has 0 spiro atoms. The van der Waals surface area contributed by atoms with E-state index in [1.165, 1.54) is 12.4 Å². The number of aryl methyl sites for hydroxylation is 1. The summed E-state index contributed by atoms with van der Waals surface area (Å²) in [5, 5.41) is 1.14. The lowest BCUT2D eigenvalue weighted by Crippen LogP contribution is -2.44. The quantitative estimate of drug-likeness (QED) is 0.188. The van der Waals surface area contributed by atoms with E-state index >= 15 is 0 Å². The molecule has 2 N–H and O–H groups in total. The van der Waals surface area contributed by atoms with Crippen LogP contribution in [0.1, 0.15) is 52.5 Å². The van der Waals surface area contributed by atoms with Crippen molar-refractivity contribution in [3.8, 4) is 0 Å². The van der Waals surface area contributed by atoms with Crippen molar-refractivity contribution in [3.05, 3.63) is 48.3 Å². The lowest BCUT2D eigenvalue weighted by atomic mass is 9.93. The first-order valence-corrected chi connectivity index (χ1v) is 17.4. The molecule has 3 atom stereocenters. The maximum atomic E-state index is 13.5. The van der Waals surface area contributed by atoms with Gasteiger partial charge in [-0.2, -0.15) is 0 Å². The van der Waals surface area contributed by atoms with Crippen molar-refractivity contribution in [2.45, 2.75) is 83.0 Å². The van der Waals surface area contributed by atoms with Crippen LogP contribution in [-0.2, 0) is 19.2 Å². The van der Waals surface area contributed by atoms with Gasteiger partial charge >= 0.3 is 0 Å². The lowest BCUT2D eigenvalue weighted by Gasteiger charge is -2.38. The molecule has 0 bridgehead atoms. The van der Waals surface area contributed by atoms with Crippen LogP contribution in [0.25, 0.3) is 11.2 Å². The first kappa shape index (κ1) is 28.4. The molecule has 0 saturated heterocycles. The molecule has 0 unspecified atom stereocenters. The highest BCUT2D eigenvalue weighted by atomic mass is 32.2.